The van der Waals surface area contributed by atoms with Gasteiger partial charge < -0.3 is 10.8 Å². The average Bonchev–Trinajstić information content (AvgIpc) is 3.04. The van der Waals surface area contributed by atoms with E-state index in [1.807, 2.05) is 23.6 Å². The van der Waals surface area contributed by atoms with E-state index < -0.39 is 5.91 Å². The molecule has 0 aliphatic carbocycles. The number of carbonyl (C=O) groups excluding carboxylic acids is 1. The van der Waals surface area contributed by atoms with Gasteiger partial charge in [0.1, 0.15) is 5.75 Å². The first-order valence-electron chi connectivity index (χ1n) is 7.32. The minimum Gasteiger partial charge on any atom is -0.507 e. The van der Waals surface area contributed by atoms with Crippen LogP contribution in [0.1, 0.15) is 16.1 Å². The number of nitrogens with zero attached hydrogens (tertiary/aromatic N) is 4. The van der Waals surface area contributed by atoms with Crippen LogP contribution in [0.15, 0.2) is 58.1 Å². The molecule has 8 heteroatoms. The number of pyridine rings is 1. The van der Waals surface area contributed by atoms with E-state index in [0.717, 1.165) is 5.69 Å². The number of aromatic nitrogens is 2. The van der Waals surface area contributed by atoms with Gasteiger partial charge in [-0.2, -0.15) is 5.10 Å². The lowest BCUT2D eigenvalue weighted by Crippen LogP contribution is -2.13. The molecule has 0 radical (unpaired) electrons. The smallest absolute Gasteiger partial charge is 0.252 e. The van der Waals surface area contributed by atoms with Gasteiger partial charge in [0, 0.05) is 24.2 Å². The van der Waals surface area contributed by atoms with Gasteiger partial charge in [0.15, 0.2) is 0 Å². The summed E-state index contributed by atoms with van der Waals surface area (Å²) >= 11 is 1.41. The van der Waals surface area contributed by atoms with Crippen LogP contribution in [-0.4, -0.2) is 33.9 Å². The van der Waals surface area contributed by atoms with E-state index in [1.165, 1.54) is 23.5 Å². The van der Waals surface area contributed by atoms with Crippen LogP contribution in [-0.2, 0) is 0 Å². The number of amides is 1. The highest BCUT2D eigenvalue weighted by atomic mass is 32.1. The first-order chi connectivity index (χ1) is 12.1. The molecule has 2 heterocycles. The van der Waals surface area contributed by atoms with Crippen molar-refractivity contribution < 1.29 is 9.90 Å². The summed E-state index contributed by atoms with van der Waals surface area (Å²) in [5.41, 5.74) is 7.48. The van der Waals surface area contributed by atoms with Crippen LogP contribution < -0.4 is 10.5 Å². The summed E-state index contributed by atoms with van der Waals surface area (Å²) in [6.07, 6.45) is 3.31. The molecule has 3 aromatic rings. The van der Waals surface area contributed by atoms with Crippen molar-refractivity contribution in [2.75, 3.05) is 7.05 Å². The van der Waals surface area contributed by atoms with Crippen molar-refractivity contribution in [1.82, 2.24) is 9.66 Å². The summed E-state index contributed by atoms with van der Waals surface area (Å²) in [6.45, 7) is 0. The van der Waals surface area contributed by atoms with Gasteiger partial charge in [-0.05, 0) is 30.3 Å². The van der Waals surface area contributed by atoms with E-state index in [2.05, 4.69) is 15.1 Å². The molecule has 0 aliphatic rings. The predicted molar refractivity (Wildman–Crippen MR) is 96.6 cm³/mol. The number of hydrogen-bond acceptors (Lipinski definition) is 6. The molecule has 1 amide bonds. The lowest BCUT2D eigenvalue weighted by Gasteiger charge is -2.06. The summed E-state index contributed by atoms with van der Waals surface area (Å²) in [5, 5.41) is 16.1. The zero-order valence-electron chi connectivity index (χ0n) is 13.3. The van der Waals surface area contributed by atoms with Crippen LogP contribution in [0.2, 0.25) is 0 Å². The molecule has 0 aliphatic heterocycles. The van der Waals surface area contributed by atoms with Crippen molar-refractivity contribution in [3.8, 4) is 17.0 Å². The maximum atomic E-state index is 11.5. The molecule has 3 rings (SSSR count). The molecular formula is C17H15N5O2S. The van der Waals surface area contributed by atoms with Crippen LogP contribution in [0.5, 0.6) is 5.75 Å². The number of rotatable bonds is 4. The fourth-order valence-corrected chi connectivity index (χ4v) is 3.03. The molecule has 0 bridgehead atoms. The molecule has 0 unspecified atom stereocenters. The van der Waals surface area contributed by atoms with Crippen molar-refractivity contribution in [3.05, 3.63) is 64.0 Å². The number of phenols is 1. The predicted octanol–water partition coefficient (Wildman–Crippen LogP) is 1.83. The molecule has 7 nitrogen and oxygen atoms in total. The zero-order valence-corrected chi connectivity index (χ0v) is 14.1. The lowest BCUT2D eigenvalue weighted by atomic mass is 10.1. The van der Waals surface area contributed by atoms with Crippen molar-refractivity contribution >= 4 is 23.5 Å². The summed E-state index contributed by atoms with van der Waals surface area (Å²) in [7, 11) is 1.67. The average molecular weight is 353 g/mol. The largest absolute Gasteiger partial charge is 0.507 e. The van der Waals surface area contributed by atoms with Crippen LogP contribution >= 0.6 is 11.3 Å². The highest BCUT2D eigenvalue weighted by molar-refractivity contribution is 7.07. The third-order valence-electron chi connectivity index (χ3n) is 3.43. The Labute approximate surface area is 147 Å². The number of benzene rings is 1. The molecule has 0 fully saturated rings. The van der Waals surface area contributed by atoms with Gasteiger partial charge in [-0.15, -0.1) is 11.3 Å². The minimum absolute atomic E-state index is 0.0546. The molecule has 2 aromatic heterocycles. The Bertz CT molecular complexity index is 1010. The monoisotopic (exact) mass is 353 g/mol. The van der Waals surface area contributed by atoms with Crippen molar-refractivity contribution in [3.63, 3.8) is 0 Å². The number of thiazole rings is 1. The maximum Gasteiger partial charge on any atom is 0.252 e. The summed E-state index contributed by atoms with van der Waals surface area (Å²) in [6, 6.07) is 10.2. The van der Waals surface area contributed by atoms with Crippen LogP contribution in [0.3, 0.4) is 0 Å². The van der Waals surface area contributed by atoms with Gasteiger partial charge >= 0.3 is 0 Å². The van der Waals surface area contributed by atoms with Crippen LogP contribution in [0.4, 0.5) is 0 Å². The SMILES string of the molecule is CN=c1scc(-c2ccc(O)c(C(N)=O)c2)n1N=Cc1ccccn1. The Morgan fingerprint density at radius 1 is 1.36 bits per heavy atom. The molecular weight excluding hydrogens is 338 g/mol. The maximum absolute atomic E-state index is 11.5. The Balaban J connectivity index is 2.10. The van der Waals surface area contributed by atoms with E-state index in [1.54, 1.807) is 30.2 Å². The van der Waals surface area contributed by atoms with E-state index in [4.69, 9.17) is 5.73 Å². The molecule has 0 spiro atoms. The van der Waals surface area contributed by atoms with E-state index >= 15 is 0 Å². The fourth-order valence-electron chi connectivity index (χ4n) is 2.22. The van der Waals surface area contributed by atoms with Gasteiger partial charge in [0.05, 0.1) is 23.2 Å². The molecule has 3 N–H and O–H groups in total. The Hall–Kier alpha value is -3.26. The zero-order chi connectivity index (χ0) is 17.8. The minimum atomic E-state index is -0.696. The molecule has 1 aromatic carbocycles. The Morgan fingerprint density at radius 3 is 2.88 bits per heavy atom. The molecule has 0 atom stereocenters. The fraction of sp³-hybridized carbons (Fsp3) is 0.0588. The van der Waals surface area contributed by atoms with Crippen molar-refractivity contribution in [2.45, 2.75) is 0 Å². The van der Waals surface area contributed by atoms with Gasteiger partial charge in [-0.25, -0.2) is 4.68 Å². The topological polar surface area (TPSA) is 106 Å². The molecule has 126 valence electrons. The highest BCUT2D eigenvalue weighted by Gasteiger charge is 2.13. The van der Waals surface area contributed by atoms with Gasteiger partial charge in [0.25, 0.3) is 5.91 Å². The first kappa shape index (κ1) is 16.6. The summed E-state index contributed by atoms with van der Waals surface area (Å²) < 4.78 is 1.65. The highest BCUT2D eigenvalue weighted by Crippen LogP contribution is 2.26. The number of carbonyl (C=O) groups is 1. The standard InChI is InChI=1S/C17H15N5O2S/c1-19-17-22(21-9-12-4-2-3-7-20-12)14(10-25-17)11-5-6-15(23)13(8-11)16(18)24/h2-10,23H,1H3,(H2,18,24). The van der Waals surface area contributed by atoms with Crippen LogP contribution in [0, 0.1) is 0 Å². The Morgan fingerprint density at radius 2 is 2.20 bits per heavy atom. The second-order valence-corrected chi connectivity index (χ2v) is 5.87. The summed E-state index contributed by atoms with van der Waals surface area (Å²) in [4.78, 5) is 20.6. The second kappa shape index (κ2) is 7.10. The molecule has 25 heavy (non-hydrogen) atoms. The van der Waals surface area contributed by atoms with Crippen LogP contribution in [0.25, 0.3) is 11.3 Å². The van der Waals surface area contributed by atoms with Gasteiger partial charge in [-0.3, -0.25) is 14.8 Å². The number of aromatic hydroxyl groups is 1. The summed E-state index contributed by atoms with van der Waals surface area (Å²) in [5.74, 6) is -0.853. The normalized spacial score (nSPS) is 12.0. The third-order valence-corrected chi connectivity index (χ3v) is 4.34. The lowest BCUT2D eigenvalue weighted by molar-refractivity contribution is 0.0998. The van der Waals surface area contributed by atoms with Crippen molar-refractivity contribution in [1.29, 1.82) is 0 Å². The van der Waals surface area contributed by atoms with Gasteiger partial charge in [-0.1, -0.05) is 6.07 Å². The molecule has 0 saturated carbocycles. The Kier molecular flexibility index (Phi) is 4.71. The number of primary amides is 1. The number of hydrogen-bond donors (Lipinski definition) is 2. The quantitative estimate of drug-likeness (QED) is 0.699. The van der Waals surface area contributed by atoms with E-state index in [-0.39, 0.29) is 11.3 Å². The van der Waals surface area contributed by atoms with E-state index in [9.17, 15) is 9.90 Å². The third kappa shape index (κ3) is 3.48. The first-order valence-corrected chi connectivity index (χ1v) is 8.20. The van der Waals surface area contributed by atoms with Gasteiger partial charge in [0.2, 0.25) is 4.80 Å². The van der Waals surface area contributed by atoms with E-state index in [0.29, 0.717) is 16.1 Å². The second-order valence-electron chi connectivity index (χ2n) is 5.03. The van der Waals surface area contributed by atoms with Crippen molar-refractivity contribution in [2.24, 2.45) is 15.8 Å². The number of nitrogens with two attached hydrogens (primary N) is 1. The molecule has 0 saturated heterocycles.